The molecule has 0 bridgehead atoms. The highest BCUT2D eigenvalue weighted by Gasteiger charge is 2.30. The molecule has 4 atom stereocenters. The molecule has 0 saturated heterocycles. The molecule has 1 aromatic carbocycles. The summed E-state index contributed by atoms with van der Waals surface area (Å²) in [5.41, 5.74) is 13.1. The van der Waals surface area contributed by atoms with Crippen LogP contribution in [0.2, 0.25) is 0 Å². The number of Topliss-reactive ketones (excluding diaryl/α,β-unsaturated/α-hetero) is 1. The van der Waals surface area contributed by atoms with Crippen LogP contribution in [-0.4, -0.2) is 60.1 Å². The fraction of sp³-hybridized carbons (Fsp3) is 0.550. The number of hydrogen-bond acceptors (Lipinski definition) is 7. The summed E-state index contributed by atoms with van der Waals surface area (Å²) < 4.78 is 5.69. The van der Waals surface area contributed by atoms with Gasteiger partial charge in [-0.1, -0.05) is 29.8 Å². The molecular formula is C20H32N4O5. The molecule has 0 aliphatic rings. The van der Waals surface area contributed by atoms with Crippen LogP contribution < -0.4 is 22.1 Å². The van der Waals surface area contributed by atoms with E-state index in [9.17, 15) is 19.5 Å². The maximum atomic E-state index is 12.6. The van der Waals surface area contributed by atoms with Crippen LogP contribution in [0, 0.1) is 6.92 Å². The Hall–Kier alpha value is -2.33. The topological polar surface area (TPSA) is 157 Å². The lowest BCUT2D eigenvalue weighted by Crippen LogP contribution is -2.58. The number of hydrogen-bond donors (Lipinski definition) is 5. The van der Waals surface area contributed by atoms with E-state index in [0.717, 1.165) is 11.1 Å². The zero-order valence-corrected chi connectivity index (χ0v) is 17.2. The van der Waals surface area contributed by atoms with Gasteiger partial charge < -0.3 is 31.9 Å². The summed E-state index contributed by atoms with van der Waals surface area (Å²) in [6, 6.07) is 5.51. The summed E-state index contributed by atoms with van der Waals surface area (Å²) in [5, 5.41) is 14.9. The van der Waals surface area contributed by atoms with E-state index in [1.165, 1.54) is 13.8 Å². The summed E-state index contributed by atoms with van der Waals surface area (Å²) in [6.45, 7) is 4.94. The normalized spacial score (nSPS) is 15.1. The molecule has 1 rings (SSSR count). The quantitative estimate of drug-likeness (QED) is 0.301. The van der Waals surface area contributed by atoms with E-state index in [-0.39, 0.29) is 31.9 Å². The summed E-state index contributed by atoms with van der Waals surface area (Å²) >= 11 is 0. The third-order valence-corrected chi connectivity index (χ3v) is 4.40. The molecule has 162 valence electrons. The van der Waals surface area contributed by atoms with Gasteiger partial charge in [0, 0.05) is 6.54 Å². The first kappa shape index (κ1) is 24.7. The number of ketones is 1. The van der Waals surface area contributed by atoms with Crippen molar-refractivity contribution in [2.24, 2.45) is 11.5 Å². The molecule has 0 heterocycles. The SMILES string of the molecule is CC(=O)[C@H](CN)NC(=O)[C@@H](NC(=O)[C@H](CCN)OCc1ccc(C)cc1)C(C)O. The molecule has 1 aromatic rings. The number of ether oxygens (including phenoxy) is 1. The number of aliphatic hydroxyl groups is 1. The zero-order chi connectivity index (χ0) is 22.0. The Balaban J connectivity index is 2.78. The lowest BCUT2D eigenvalue weighted by atomic mass is 10.1. The standard InChI is InChI=1S/C20H32N4O5/c1-12-4-6-15(7-5-12)11-29-17(8-9-21)19(27)24-18(14(3)26)20(28)23-16(10-22)13(2)25/h4-7,14,16-18,26H,8-11,21-22H2,1-3H3,(H,23,28)(H,24,27)/t14?,16-,17-,18-/m0/s1. The van der Waals surface area contributed by atoms with Crippen molar-refractivity contribution in [2.75, 3.05) is 13.1 Å². The lowest BCUT2D eigenvalue weighted by molar-refractivity contribution is -0.140. The fourth-order valence-corrected chi connectivity index (χ4v) is 2.56. The molecule has 0 aromatic heterocycles. The summed E-state index contributed by atoms with van der Waals surface area (Å²) in [6.07, 6.45) is -1.85. The van der Waals surface area contributed by atoms with Crippen molar-refractivity contribution in [3.05, 3.63) is 35.4 Å². The molecule has 0 saturated carbocycles. The largest absolute Gasteiger partial charge is 0.391 e. The summed E-state index contributed by atoms with van der Waals surface area (Å²) in [4.78, 5) is 36.6. The van der Waals surface area contributed by atoms with Crippen LogP contribution in [0.5, 0.6) is 0 Å². The Kier molecular flexibility index (Phi) is 10.5. The van der Waals surface area contributed by atoms with Crippen LogP contribution in [0.15, 0.2) is 24.3 Å². The number of rotatable bonds is 12. The molecule has 0 aliphatic carbocycles. The minimum Gasteiger partial charge on any atom is -0.391 e. The van der Waals surface area contributed by atoms with E-state index in [1.807, 2.05) is 31.2 Å². The average Bonchev–Trinajstić information content (AvgIpc) is 2.67. The van der Waals surface area contributed by atoms with Crippen molar-refractivity contribution < 1.29 is 24.2 Å². The Labute approximate surface area is 171 Å². The third kappa shape index (κ3) is 8.28. The maximum absolute atomic E-state index is 12.6. The fourth-order valence-electron chi connectivity index (χ4n) is 2.56. The van der Waals surface area contributed by atoms with Gasteiger partial charge in [-0.3, -0.25) is 14.4 Å². The Bertz CT molecular complexity index is 678. The highest BCUT2D eigenvalue weighted by atomic mass is 16.5. The molecule has 1 unspecified atom stereocenters. The molecule has 9 heteroatoms. The van der Waals surface area contributed by atoms with Gasteiger partial charge >= 0.3 is 0 Å². The summed E-state index contributed by atoms with van der Waals surface area (Å²) in [5.74, 6) is -1.60. The number of nitrogens with one attached hydrogen (secondary N) is 2. The zero-order valence-electron chi connectivity index (χ0n) is 17.2. The maximum Gasteiger partial charge on any atom is 0.249 e. The monoisotopic (exact) mass is 408 g/mol. The third-order valence-electron chi connectivity index (χ3n) is 4.40. The van der Waals surface area contributed by atoms with E-state index >= 15 is 0 Å². The van der Waals surface area contributed by atoms with Crippen LogP contribution in [0.1, 0.15) is 31.4 Å². The Morgan fingerprint density at radius 1 is 1.10 bits per heavy atom. The number of carbonyl (C=O) groups excluding carboxylic acids is 3. The van der Waals surface area contributed by atoms with Crippen molar-refractivity contribution in [1.82, 2.24) is 10.6 Å². The highest BCUT2D eigenvalue weighted by Crippen LogP contribution is 2.09. The molecule has 0 spiro atoms. The van der Waals surface area contributed by atoms with E-state index < -0.39 is 36.1 Å². The van der Waals surface area contributed by atoms with Gasteiger partial charge in [0.05, 0.1) is 18.8 Å². The number of amides is 2. The minimum atomic E-state index is -1.26. The second kappa shape index (κ2) is 12.3. The van der Waals surface area contributed by atoms with Crippen molar-refractivity contribution in [2.45, 2.75) is 58.1 Å². The first-order chi connectivity index (χ1) is 13.7. The van der Waals surface area contributed by atoms with Crippen LogP contribution >= 0.6 is 0 Å². The van der Waals surface area contributed by atoms with Crippen LogP contribution in [0.3, 0.4) is 0 Å². The van der Waals surface area contributed by atoms with Crippen LogP contribution in [-0.2, 0) is 25.7 Å². The van der Waals surface area contributed by atoms with Crippen LogP contribution in [0.4, 0.5) is 0 Å². The van der Waals surface area contributed by atoms with Gasteiger partial charge in [-0.05, 0) is 39.3 Å². The first-order valence-electron chi connectivity index (χ1n) is 9.56. The molecule has 29 heavy (non-hydrogen) atoms. The number of aliphatic hydroxyl groups excluding tert-OH is 1. The van der Waals surface area contributed by atoms with Crippen molar-refractivity contribution in [3.8, 4) is 0 Å². The van der Waals surface area contributed by atoms with Crippen molar-refractivity contribution in [3.63, 3.8) is 0 Å². The predicted octanol–water partition coefficient (Wildman–Crippen LogP) is -0.873. The predicted molar refractivity (Wildman–Crippen MR) is 109 cm³/mol. The van der Waals surface area contributed by atoms with Gasteiger partial charge in [-0.15, -0.1) is 0 Å². The highest BCUT2D eigenvalue weighted by molar-refractivity contribution is 5.93. The lowest BCUT2D eigenvalue weighted by Gasteiger charge is -2.25. The van der Waals surface area contributed by atoms with Crippen molar-refractivity contribution >= 4 is 17.6 Å². The molecule has 0 fully saturated rings. The number of benzene rings is 1. The van der Waals surface area contributed by atoms with Gasteiger partial charge in [-0.2, -0.15) is 0 Å². The Morgan fingerprint density at radius 2 is 1.72 bits per heavy atom. The van der Waals surface area contributed by atoms with Gasteiger partial charge in [0.1, 0.15) is 12.1 Å². The van der Waals surface area contributed by atoms with E-state index in [1.54, 1.807) is 0 Å². The molecular weight excluding hydrogens is 376 g/mol. The Morgan fingerprint density at radius 3 is 2.21 bits per heavy atom. The first-order valence-corrected chi connectivity index (χ1v) is 9.56. The van der Waals surface area contributed by atoms with E-state index in [2.05, 4.69) is 10.6 Å². The molecule has 0 radical (unpaired) electrons. The van der Waals surface area contributed by atoms with Gasteiger partial charge in [0.15, 0.2) is 5.78 Å². The number of nitrogens with two attached hydrogens (primary N) is 2. The van der Waals surface area contributed by atoms with Gasteiger partial charge in [0.25, 0.3) is 0 Å². The van der Waals surface area contributed by atoms with Gasteiger partial charge in [-0.25, -0.2) is 0 Å². The number of aryl methyl sites for hydroxylation is 1. The number of carbonyl (C=O) groups is 3. The van der Waals surface area contributed by atoms with Crippen molar-refractivity contribution in [1.29, 1.82) is 0 Å². The average molecular weight is 408 g/mol. The molecule has 9 nitrogen and oxygen atoms in total. The van der Waals surface area contributed by atoms with Gasteiger partial charge in [0.2, 0.25) is 11.8 Å². The second-order valence-electron chi connectivity index (χ2n) is 7.00. The van der Waals surface area contributed by atoms with Crippen LogP contribution in [0.25, 0.3) is 0 Å². The van der Waals surface area contributed by atoms with E-state index in [0.29, 0.717) is 0 Å². The molecule has 7 N–H and O–H groups in total. The smallest absolute Gasteiger partial charge is 0.249 e. The van der Waals surface area contributed by atoms with E-state index in [4.69, 9.17) is 16.2 Å². The minimum absolute atomic E-state index is 0.0863. The summed E-state index contributed by atoms with van der Waals surface area (Å²) in [7, 11) is 0. The molecule has 2 amide bonds. The molecule has 0 aliphatic heterocycles. The second-order valence-corrected chi connectivity index (χ2v) is 7.00.